The summed E-state index contributed by atoms with van der Waals surface area (Å²) in [4.78, 5) is 0. The maximum atomic E-state index is 5.42. The Kier molecular flexibility index (Phi) is 6.77. The van der Waals surface area contributed by atoms with Crippen LogP contribution in [0.4, 0.5) is 0 Å². The van der Waals surface area contributed by atoms with E-state index in [-0.39, 0.29) is 0 Å². The first-order chi connectivity index (χ1) is 10.6. The van der Waals surface area contributed by atoms with Crippen molar-refractivity contribution in [3.63, 3.8) is 0 Å². The molecule has 22 heavy (non-hydrogen) atoms. The third-order valence-corrected chi connectivity index (χ3v) is 4.61. The van der Waals surface area contributed by atoms with Crippen LogP contribution in [0.5, 0.6) is 11.5 Å². The molecule has 0 saturated heterocycles. The van der Waals surface area contributed by atoms with Crippen LogP contribution in [-0.4, -0.2) is 14.2 Å². The van der Waals surface area contributed by atoms with Crippen molar-refractivity contribution in [2.24, 2.45) is 0 Å². The van der Waals surface area contributed by atoms with Gasteiger partial charge in [0.1, 0.15) is 11.5 Å². The van der Waals surface area contributed by atoms with Gasteiger partial charge in [0.05, 0.1) is 14.2 Å². The van der Waals surface area contributed by atoms with E-state index in [1.165, 1.54) is 11.1 Å². The van der Waals surface area contributed by atoms with Crippen molar-refractivity contribution in [3.05, 3.63) is 56.5 Å². The van der Waals surface area contributed by atoms with Crippen molar-refractivity contribution in [3.8, 4) is 11.5 Å². The summed E-state index contributed by atoms with van der Waals surface area (Å²) in [5.41, 5.74) is 2.50. The molecule has 0 aliphatic rings. The molecule has 2 aromatic carbocycles. The van der Waals surface area contributed by atoms with Gasteiger partial charge < -0.3 is 9.47 Å². The summed E-state index contributed by atoms with van der Waals surface area (Å²) in [6, 6.07) is 12.3. The van der Waals surface area contributed by atoms with Crippen molar-refractivity contribution in [2.45, 2.75) is 25.7 Å². The fourth-order valence-electron chi connectivity index (χ4n) is 2.52. The number of aryl methyl sites for hydroxylation is 2. The molecule has 0 aliphatic carbocycles. The molecule has 0 radical (unpaired) electrons. The predicted octanol–water partition coefficient (Wildman–Crippen LogP) is 5.79. The Morgan fingerprint density at radius 3 is 1.50 bits per heavy atom. The smallest absolute Gasteiger partial charge is 0.122 e. The lowest BCUT2D eigenvalue weighted by Crippen LogP contribution is -1.95. The molecule has 118 valence electrons. The summed E-state index contributed by atoms with van der Waals surface area (Å²) >= 11 is 7.04. The number of ether oxygens (including phenoxy) is 2. The van der Waals surface area contributed by atoms with Gasteiger partial charge in [-0.1, -0.05) is 31.9 Å². The zero-order chi connectivity index (χ0) is 15.9. The zero-order valence-corrected chi connectivity index (χ0v) is 16.0. The second-order valence-corrected chi connectivity index (χ2v) is 6.95. The Balaban J connectivity index is 1.92. The van der Waals surface area contributed by atoms with Gasteiger partial charge in [-0.15, -0.1) is 0 Å². The van der Waals surface area contributed by atoms with Crippen LogP contribution >= 0.6 is 31.9 Å². The second-order valence-electron chi connectivity index (χ2n) is 5.12. The predicted molar refractivity (Wildman–Crippen MR) is 98.0 cm³/mol. The van der Waals surface area contributed by atoms with Gasteiger partial charge in [-0.25, -0.2) is 0 Å². The summed E-state index contributed by atoms with van der Waals surface area (Å²) in [6.45, 7) is 0. The van der Waals surface area contributed by atoms with Crippen LogP contribution in [0.2, 0.25) is 0 Å². The minimum atomic E-state index is 0.961. The second kappa shape index (κ2) is 8.59. The highest BCUT2D eigenvalue weighted by molar-refractivity contribution is 9.10. The molecular weight excluding hydrogens is 408 g/mol. The van der Waals surface area contributed by atoms with Crippen molar-refractivity contribution >= 4 is 31.9 Å². The maximum absolute atomic E-state index is 5.42. The fourth-order valence-corrected chi connectivity index (χ4v) is 3.33. The minimum absolute atomic E-state index is 0.961. The molecule has 0 fully saturated rings. The minimum Gasteiger partial charge on any atom is -0.496 e. The summed E-state index contributed by atoms with van der Waals surface area (Å²) in [6.07, 6.45) is 4.25. The van der Waals surface area contributed by atoms with Crippen molar-refractivity contribution in [1.82, 2.24) is 0 Å². The number of halogens is 2. The van der Waals surface area contributed by atoms with Gasteiger partial charge in [0.25, 0.3) is 0 Å². The Bertz CT molecular complexity index is 571. The van der Waals surface area contributed by atoms with E-state index in [1.54, 1.807) is 14.2 Å². The van der Waals surface area contributed by atoms with E-state index in [1.807, 2.05) is 24.3 Å². The van der Waals surface area contributed by atoms with Crippen molar-refractivity contribution in [2.75, 3.05) is 14.2 Å². The van der Waals surface area contributed by atoms with Gasteiger partial charge >= 0.3 is 0 Å². The molecule has 0 amide bonds. The van der Waals surface area contributed by atoms with Gasteiger partial charge in [0.15, 0.2) is 0 Å². The Morgan fingerprint density at radius 1 is 0.727 bits per heavy atom. The van der Waals surface area contributed by atoms with Crippen LogP contribution in [0.3, 0.4) is 0 Å². The van der Waals surface area contributed by atoms with Crippen LogP contribution in [0.1, 0.15) is 24.0 Å². The fraction of sp³-hybridized carbons (Fsp3) is 0.333. The number of rotatable bonds is 7. The van der Waals surface area contributed by atoms with Crippen LogP contribution in [-0.2, 0) is 12.8 Å². The molecule has 0 N–H and O–H groups in total. The summed E-state index contributed by atoms with van der Waals surface area (Å²) < 4.78 is 13.0. The van der Waals surface area contributed by atoms with E-state index in [0.717, 1.165) is 46.1 Å². The molecule has 2 nitrogen and oxygen atoms in total. The number of unbranched alkanes of at least 4 members (excludes halogenated alkanes) is 1. The summed E-state index contributed by atoms with van der Waals surface area (Å²) in [5.74, 6) is 1.92. The Hall–Kier alpha value is -1.00. The molecule has 0 bridgehead atoms. The molecular formula is C18H20Br2O2. The molecule has 0 aliphatic heterocycles. The topological polar surface area (TPSA) is 18.5 Å². The lowest BCUT2D eigenvalue weighted by atomic mass is 10.0. The quantitative estimate of drug-likeness (QED) is 0.520. The van der Waals surface area contributed by atoms with Gasteiger partial charge in [0, 0.05) is 8.95 Å². The molecule has 0 saturated carbocycles. The van der Waals surface area contributed by atoms with Crippen LogP contribution < -0.4 is 9.47 Å². The van der Waals surface area contributed by atoms with E-state index in [9.17, 15) is 0 Å². The van der Waals surface area contributed by atoms with E-state index in [0.29, 0.717) is 0 Å². The van der Waals surface area contributed by atoms with Crippen molar-refractivity contribution in [1.29, 1.82) is 0 Å². The van der Waals surface area contributed by atoms with Crippen LogP contribution in [0, 0.1) is 0 Å². The normalized spacial score (nSPS) is 10.5. The molecule has 0 heterocycles. The first kappa shape index (κ1) is 17.4. The lowest BCUT2D eigenvalue weighted by Gasteiger charge is -2.11. The molecule has 0 spiro atoms. The molecule has 0 aromatic heterocycles. The van der Waals surface area contributed by atoms with E-state index in [2.05, 4.69) is 44.0 Å². The Morgan fingerprint density at radius 2 is 1.14 bits per heavy atom. The Labute approximate surface area is 149 Å². The third kappa shape index (κ3) is 4.75. The molecule has 0 unspecified atom stereocenters. The van der Waals surface area contributed by atoms with E-state index < -0.39 is 0 Å². The highest BCUT2D eigenvalue weighted by Gasteiger charge is 2.06. The van der Waals surface area contributed by atoms with Gasteiger partial charge in [-0.2, -0.15) is 0 Å². The number of hydrogen-bond acceptors (Lipinski definition) is 2. The number of benzene rings is 2. The number of methoxy groups -OCH3 is 2. The average Bonchev–Trinajstić information content (AvgIpc) is 2.52. The summed E-state index contributed by atoms with van der Waals surface area (Å²) in [5, 5.41) is 0. The highest BCUT2D eigenvalue weighted by atomic mass is 79.9. The van der Waals surface area contributed by atoms with Gasteiger partial charge in [-0.3, -0.25) is 0 Å². The average molecular weight is 428 g/mol. The zero-order valence-electron chi connectivity index (χ0n) is 12.9. The largest absolute Gasteiger partial charge is 0.496 e. The number of hydrogen-bond donors (Lipinski definition) is 0. The molecule has 2 rings (SSSR count). The standard InChI is InChI=1S/C18H20Br2O2/c1-21-17-9-7-15(19)11-13(17)5-3-4-6-14-12-16(20)8-10-18(14)22-2/h7-12H,3-6H2,1-2H3. The molecule has 2 aromatic rings. The molecule has 0 atom stereocenters. The first-order valence-corrected chi connectivity index (χ1v) is 8.87. The van der Waals surface area contributed by atoms with Crippen molar-refractivity contribution < 1.29 is 9.47 Å². The lowest BCUT2D eigenvalue weighted by molar-refractivity contribution is 0.407. The van der Waals surface area contributed by atoms with E-state index >= 15 is 0 Å². The third-order valence-electron chi connectivity index (χ3n) is 3.63. The van der Waals surface area contributed by atoms with Crippen LogP contribution in [0.15, 0.2) is 45.3 Å². The summed E-state index contributed by atoms with van der Waals surface area (Å²) in [7, 11) is 3.44. The molecule has 4 heteroatoms. The van der Waals surface area contributed by atoms with Gasteiger partial charge in [0.2, 0.25) is 0 Å². The van der Waals surface area contributed by atoms with Gasteiger partial charge in [-0.05, 0) is 73.2 Å². The first-order valence-electron chi connectivity index (χ1n) is 7.29. The maximum Gasteiger partial charge on any atom is 0.122 e. The highest BCUT2D eigenvalue weighted by Crippen LogP contribution is 2.27. The SMILES string of the molecule is COc1ccc(Br)cc1CCCCc1cc(Br)ccc1OC. The van der Waals surface area contributed by atoms with E-state index in [4.69, 9.17) is 9.47 Å². The van der Waals surface area contributed by atoms with Crippen LogP contribution in [0.25, 0.3) is 0 Å². The monoisotopic (exact) mass is 426 g/mol.